The summed E-state index contributed by atoms with van der Waals surface area (Å²) < 4.78 is 15.4. The number of ether oxygens (including phenoxy) is 3. The van der Waals surface area contributed by atoms with Crippen molar-refractivity contribution < 1.29 is 23.9 Å². The van der Waals surface area contributed by atoms with Gasteiger partial charge in [-0.1, -0.05) is 0 Å². The molecule has 1 aliphatic rings. The van der Waals surface area contributed by atoms with Crippen LogP contribution in [-0.2, 0) is 19.0 Å². The molecule has 29 heavy (non-hydrogen) atoms. The number of methoxy groups -OCH3 is 2. The van der Waals surface area contributed by atoms with E-state index in [-0.39, 0.29) is 29.2 Å². The minimum Gasteiger partial charge on any atom is -0.466 e. The summed E-state index contributed by atoms with van der Waals surface area (Å²) in [5, 5.41) is 12.0. The SMILES string of the molecule is CCOC(=O)C1CCCN(c2ncnc(N(CCOC)CCOC)c2[N+](=O)[O-])C1. The minimum absolute atomic E-state index is 0.177. The van der Waals surface area contributed by atoms with Gasteiger partial charge < -0.3 is 24.0 Å². The number of anilines is 2. The first-order valence-electron chi connectivity index (χ1n) is 9.67. The van der Waals surface area contributed by atoms with Crippen molar-refractivity contribution in [3.63, 3.8) is 0 Å². The van der Waals surface area contributed by atoms with Gasteiger partial charge in [0.15, 0.2) is 0 Å². The summed E-state index contributed by atoms with van der Waals surface area (Å²) in [4.78, 5) is 35.6. The molecule has 0 amide bonds. The Bertz CT molecular complexity index is 681. The normalized spacial score (nSPS) is 16.5. The molecule has 11 heteroatoms. The lowest BCUT2D eigenvalue weighted by Gasteiger charge is -2.32. The second-order valence-corrected chi connectivity index (χ2v) is 6.64. The Hall–Kier alpha value is -2.53. The van der Waals surface area contributed by atoms with Gasteiger partial charge in [0.05, 0.1) is 30.7 Å². The van der Waals surface area contributed by atoms with Crippen molar-refractivity contribution in [2.45, 2.75) is 19.8 Å². The molecule has 1 aromatic rings. The van der Waals surface area contributed by atoms with E-state index in [0.29, 0.717) is 52.4 Å². The molecule has 0 saturated carbocycles. The van der Waals surface area contributed by atoms with Gasteiger partial charge in [-0.05, 0) is 19.8 Å². The third-order valence-corrected chi connectivity index (χ3v) is 4.74. The molecule has 0 aliphatic carbocycles. The average Bonchev–Trinajstić information content (AvgIpc) is 2.73. The van der Waals surface area contributed by atoms with Crippen molar-refractivity contribution in [2.75, 3.05) is 70.0 Å². The lowest BCUT2D eigenvalue weighted by atomic mass is 9.98. The lowest BCUT2D eigenvalue weighted by molar-refractivity contribution is -0.383. The molecule has 1 atom stereocenters. The molecule has 11 nitrogen and oxygen atoms in total. The van der Waals surface area contributed by atoms with E-state index in [1.54, 1.807) is 30.9 Å². The van der Waals surface area contributed by atoms with Crippen molar-refractivity contribution in [1.29, 1.82) is 0 Å². The van der Waals surface area contributed by atoms with E-state index >= 15 is 0 Å². The Morgan fingerprint density at radius 3 is 2.59 bits per heavy atom. The van der Waals surface area contributed by atoms with Gasteiger partial charge in [0.25, 0.3) is 0 Å². The number of hydrogen-bond acceptors (Lipinski definition) is 10. The van der Waals surface area contributed by atoms with Crippen LogP contribution in [0.3, 0.4) is 0 Å². The van der Waals surface area contributed by atoms with Crippen LogP contribution in [0.2, 0.25) is 0 Å². The van der Waals surface area contributed by atoms with Crippen molar-refractivity contribution in [1.82, 2.24) is 9.97 Å². The first-order chi connectivity index (χ1) is 14.0. The summed E-state index contributed by atoms with van der Waals surface area (Å²) in [6, 6.07) is 0. The summed E-state index contributed by atoms with van der Waals surface area (Å²) >= 11 is 0. The van der Waals surface area contributed by atoms with E-state index in [9.17, 15) is 14.9 Å². The van der Waals surface area contributed by atoms with Crippen LogP contribution in [0.4, 0.5) is 17.3 Å². The van der Waals surface area contributed by atoms with Crippen molar-refractivity contribution >= 4 is 23.3 Å². The summed E-state index contributed by atoms with van der Waals surface area (Å²) in [6.07, 6.45) is 2.73. The fourth-order valence-corrected chi connectivity index (χ4v) is 3.34. The second kappa shape index (κ2) is 11.5. The summed E-state index contributed by atoms with van der Waals surface area (Å²) in [5.74, 6) is -0.183. The highest BCUT2D eigenvalue weighted by Crippen LogP contribution is 2.36. The van der Waals surface area contributed by atoms with E-state index < -0.39 is 4.92 Å². The van der Waals surface area contributed by atoms with Crippen LogP contribution in [-0.4, -0.2) is 81.1 Å². The fourth-order valence-electron chi connectivity index (χ4n) is 3.34. The molecule has 1 aromatic heterocycles. The average molecular weight is 411 g/mol. The molecule has 162 valence electrons. The van der Waals surface area contributed by atoms with Crippen LogP contribution in [0.1, 0.15) is 19.8 Å². The van der Waals surface area contributed by atoms with E-state index in [1.807, 2.05) is 0 Å². The number of carbonyl (C=O) groups excluding carboxylic acids is 1. The zero-order valence-corrected chi connectivity index (χ0v) is 17.2. The Kier molecular flexibility index (Phi) is 9.00. The first kappa shape index (κ1) is 22.8. The van der Waals surface area contributed by atoms with Gasteiger partial charge in [-0.15, -0.1) is 0 Å². The predicted molar refractivity (Wildman–Crippen MR) is 106 cm³/mol. The third-order valence-electron chi connectivity index (χ3n) is 4.74. The van der Waals surface area contributed by atoms with Gasteiger partial charge in [-0.3, -0.25) is 14.9 Å². The number of nitro groups is 1. The van der Waals surface area contributed by atoms with Crippen LogP contribution in [0.15, 0.2) is 6.33 Å². The first-order valence-corrected chi connectivity index (χ1v) is 9.67. The largest absolute Gasteiger partial charge is 0.466 e. The molecule has 1 saturated heterocycles. The quantitative estimate of drug-likeness (QED) is 0.299. The molecule has 2 heterocycles. The minimum atomic E-state index is -0.467. The molecular formula is C18H29N5O6. The molecule has 0 N–H and O–H groups in total. The Morgan fingerprint density at radius 1 is 1.31 bits per heavy atom. The van der Waals surface area contributed by atoms with Gasteiger partial charge in [0.2, 0.25) is 11.6 Å². The highest BCUT2D eigenvalue weighted by atomic mass is 16.6. The molecule has 0 spiro atoms. The van der Waals surface area contributed by atoms with Crippen LogP contribution in [0, 0.1) is 16.0 Å². The molecular weight excluding hydrogens is 382 g/mol. The maximum absolute atomic E-state index is 12.2. The maximum Gasteiger partial charge on any atom is 0.353 e. The molecule has 0 radical (unpaired) electrons. The Morgan fingerprint density at radius 2 is 2.00 bits per heavy atom. The number of aromatic nitrogens is 2. The maximum atomic E-state index is 12.2. The third kappa shape index (κ3) is 5.97. The molecule has 0 aromatic carbocycles. The molecule has 1 fully saturated rings. The number of carbonyl (C=O) groups is 1. The van der Waals surface area contributed by atoms with E-state index in [4.69, 9.17) is 14.2 Å². The summed E-state index contributed by atoms with van der Waals surface area (Å²) in [6.45, 7) is 4.57. The van der Waals surface area contributed by atoms with Gasteiger partial charge in [0.1, 0.15) is 6.33 Å². The van der Waals surface area contributed by atoms with Gasteiger partial charge >= 0.3 is 11.7 Å². The number of rotatable bonds is 11. The summed E-state index contributed by atoms with van der Waals surface area (Å²) in [5.41, 5.74) is -0.177. The van der Waals surface area contributed by atoms with Crippen LogP contribution in [0.25, 0.3) is 0 Å². The molecule has 0 bridgehead atoms. The fraction of sp³-hybridized carbons (Fsp3) is 0.722. The van der Waals surface area contributed by atoms with Crippen molar-refractivity contribution in [2.24, 2.45) is 5.92 Å². The van der Waals surface area contributed by atoms with Crippen LogP contribution in [0.5, 0.6) is 0 Å². The van der Waals surface area contributed by atoms with E-state index in [0.717, 1.165) is 6.42 Å². The van der Waals surface area contributed by atoms with Crippen LogP contribution >= 0.6 is 0 Å². The highest BCUT2D eigenvalue weighted by molar-refractivity contribution is 5.75. The predicted octanol–water partition coefficient (Wildman–Crippen LogP) is 1.26. The topological polar surface area (TPSA) is 120 Å². The highest BCUT2D eigenvalue weighted by Gasteiger charge is 2.34. The Labute approximate surface area is 170 Å². The van der Waals surface area contributed by atoms with Gasteiger partial charge in [-0.25, -0.2) is 9.97 Å². The molecule has 1 aliphatic heterocycles. The zero-order valence-electron chi connectivity index (χ0n) is 17.2. The second-order valence-electron chi connectivity index (χ2n) is 6.64. The smallest absolute Gasteiger partial charge is 0.353 e. The number of hydrogen-bond donors (Lipinski definition) is 0. The lowest BCUT2D eigenvalue weighted by Crippen LogP contribution is -2.40. The monoisotopic (exact) mass is 411 g/mol. The summed E-state index contributed by atoms with van der Waals surface area (Å²) in [7, 11) is 3.13. The number of nitrogens with zero attached hydrogens (tertiary/aromatic N) is 5. The van der Waals surface area contributed by atoms with Gasteiger partial charge in [0, 0.05) is 40.4 Å². The van der Waals surface area contributed by atoms with Gasteiger partial charge in [-0.2, -0.15) is 0 Å². The van der Waals surface area contributed by atoms with Crippen molar-refractivity contribution in [3.8, 4) is 0 Å². The van der Waals surface area contributed by atoms with E-state index in [1.165, 1.54) is 6.33 Å². The van der Waals surface area contributed by atoms with Crippen molar-refractivity contribution in [3.05, 3.63) is 16.4 Å². The Balaban J connectivity index is 2.35. The standard InChI is InChI=1S/C18H29N5O6/c1-4-29-18(24)14-6-5-7-22(12-14)17-15(23(25)26)16(19-13-20-17)21(8-10-27-2)9-11-28-3/h13-14H,4-12H2,1-3H3. The van der Waals surface area contributed by atoms with Crippen LogP contribution < -0.4 is 9.80 Å². The molecule has 1 unspecified atom stereocenters. The number of esters is 1. The number of piperidine rings is 1. The van der Waals surface area contributed by atoms with E-state index in [2.05, 4.69) is 9.97 Å². The zero-order chi connectivity index (χ0) is 21.2. The molecule has 2 rings (SSSR count).